The highest BCUT2D eigenvalue weighted by Crippen LogP contribution is 2.03. The van der Waals surface area contributed by atoms with Gasteiger partial charge in [0, 0.05) is 0 Å². The zero-order valence-corrected chi connectivity index (χ0v) is 6.06. The molecule has 0 unspecified atom stereocenters. The Labute approximate surface area is 46.8 Å². The molecule has 0 aromatic heterocycles. The van der Waals surface area contributed by atoms with Gasteiger partial charge < -0.3 is 0 Å². The summed E-state index contributed by atoms with van der Waals surface area (Å²) in [6.45, 7) is 2.23. The van der Waals surface area contributed by atoms with Crippen molar-refractivity contribution < 1.29 is 0 Å². The van der Waals surface area contributed by atoms with Crippen LogP contribution in [0.25, 0.3) is 0 Å². The Morgan fingerprint density at radius 2 is 2.57 bits per heavy atom. The molecular formula is C6H10Si. The van der Waals surface area contributed by atoms with Gasteiger partial charge in [0.05, 0.1) is 9.52 Å². The molecule has 0 aliphatic carbocycles. The molecule has 1 heterocycles. The molecular weight excluding hydrogens is 100 g/mol. The number of allylic oxidation sites excluding steroid dienone is 3. The van der Waals surface area contributed by atoms with Crippen LogP contribution in [0.3, 0.4) is 0 Å². The normalized spacial score (nSPS) is 21.0. The highest BCUT2D eigenvalue weighted by atomic mass is 28.2. The van der Waals surface area contributed by atoms with Crippen LogP contribution in [0, 0.1) is 0 Å². The second-order valence-electron chi connectivity index (χ2n) is 1.81. The first-order valence-electron chi connectivity index (χ1n) is 2.78. The zero-order chi connectivity index (χ0) is 5.11. The first-order valence-corrected chi connectivity index (χ1v) is 4.30. The van der Waals surface area contributed by atoms with Crippen molar-refractivity contribution >= 4 is 9.52 Å². The van der Waals surface area contributed by atoms with Gasteiger partial charge in [0.2, 0.25) is 0 Å². The van der Waals surface area contributed by atoms with Gasteiger partial charge in [0.25, 0.3) is 0 Å². The SMILES string of the molecule is CCC1=CC=C[SiH2]1. The predicted octanol–water partition coefficient (Wildman–Crippen LogP) is 0.976. The zero-order valence-electron chi connectivity index (χ0n) is 4.65. The van der Waals surface area contributed by atoms with Crippen LogP contribution in [-0.4, -0.2) is 9.52 Å². The maximum Gasteiger partial charge on any atom is 0.0732 e. The summed E-state index contributed by atoms with van der Waals surface area (Å²) in [7, 11) is 0.138. The van der Waals surface area contributed by atoms with Crippen molar-refractivity contribution in [1.82, 2.24) is 0 Å². The lowest BCUT2D eigenvalue weighted by Gasteiger charge is -1.87. The van der Waals surface area contributed by atoms with Gasteiger partial charge in [0.15, 0.2) is 0 Å². The van der Waals surface area contributed by atoms with E-state index in [2.05, 4.69) is 24.8 Å². The van der Waals surface area contributed by atoms with E-state index in [1.807, 2.05) is 0 Å². The van der Waals surface area contributed by atoms with E-state index in [0.29, 0.717) is 0 Å². The van der Waals surface area contributed by atoms with Crippen molar-refractivity contribution in [3.8, 4) is 0 Å². The summed E-state index contributed by atoms with van der Waals surface area (Å²) in [5, 5.41) is 1.69. The fourth-order valence-electron chi connectivity index (χ4n) is 0.754. The Bertz CT molecular complexity index is 111. The van der Waals surface area contributed by atoms with E-state index in [0.717, 1.165) is 0 Å². The molecule has 7 heavy (non-hydrogen) atoms. The minimum atomic E-state index is 0.138. The van der Waals surface area contributed by atoms with Crippen molar-refractivity contribution in [3.05, 3.63) is 23.0 Å². The minimum Gasteiger partial charge on any atom is -0.0966 e. The monoisotopic (exact) mass is 110 g/mol. The molecule has 0 bridgehead atoms. The summed E-state index contributed by atoms with van der Waals surface area (Å²) >= 11 is 0. The molecule has 0 aromatic rings. The largest absolute Gasteiger partial charge is 0.0966 e. The number of rotatable bonds is 1. The Hall–Kier alpha value is -0.303. The quantitative estimate of drug-likeness (QED) is 0.441. The fourth-order valence-corrected chi connectivity index (χ4v) is 1.89. The van der Waals surface area contributed by atoms with Gasteiger partial charge in [0.1, 0.15) is 0 Å². The lowest BCUT2D eigenvalue weighted by molar-refractivity contribution is 1.19. The topological polar surface area (TPSA) is 0 Å². The Morgan fingerprint density at radius 1 is 1.71 bits per heavy atom. The standard InChI is InChI=1S/C6H10Si/c1-2-6-4-3-5-7-6/h3-5H,2,7H2,1H3. The van der Waals surface area contributed by atoms with E-state index in [9.17, 15) is 0 Å². The third kappa shape index (κ3) is 1.03. The minimum absolute atomic E-state index is 0.138. The molecule has 0 aromatic carbocycles. The van der Waals surface area contributed by atoms with E-state index in [1.54, 1.807) is 5.20 Å². The second-order valence-corrected chi connectivity index (χ2v) is 3.60. The van der Waals surface area contributed by atoms with E-state index in [1.165, 1.54) is 6.42 Å². The van der Waals surface area contributed by atoms with Crippen molar-refractivity contribution in [2.75, 3.05) is 0 Å². The summed E-state index contributed by atoms with van der Waals surface area (Å²) in [6, 6.07) is 0. The maximum absolute atomic E-state index is 2.33. The van der Waals surface area contributed by atoms with E-state index >= 15 is 0 Å². The van der Waals surface area contributed by atoms with Crippen LogP contribution in [0.1, 0.15) is 13.3 Å². The van der Waals surface area contributed by atoms with Crippen LogP contribution in [-0.2, 0) is 0 Å². The molecule has 0 amide bonds. The average molecular weight is 110 g/mol. The lowest BCUT2D eigenvalue weighted by Crippen LogP contribution is -1.83. The Morgan fingerprint density at radius 3 is 2.86 bits per heavy atom. The first kappa shape index (κ1) is 4.85. The molecule has 38 valence electrons. The van der Waals surface area contributed by atoms with Crippen LogP contribution >= 0.6 is 0 Å². The van der Waals surface area contributed by atoms with E-state index < -0.39 is 0 Å². The molecule has 0 atom stereocenters. The summed E-state index contributed by atoms with van der Waals surface area (Å²) < 4.78 is 0. The van der Waals surface area contributed by atoms with Crippen LogP contribution < -0.4 is 0 Å². The number of hydrogen-bond donors (Lipinski definition) is 0. The van der Waals surface area contributed by atoms with Crippen molar-refractivity contribution in [3.63, 3.8) is 0 Å². The highest BCUT2D eigenvalue weighted by molar-refractivity contribution is 6.52. The predicted molar refractivity (Wildman–Crippen MR) is 36.1 cm³/mol. The third-order valence-electron chi connectivity index (χ3n) is 1.30. The summed E-state index contributed by atoms with van der Waals surface area (Å²) in [5.41, 5.74) is 2.33. The summed E-state index contributed by atoms with van der Waals surface area (Å²) in [5.74, 6) is 0. The van der Waals surface area contributed by atoms with E-state index in [-0.39, 0.29) is 9.52 Å². The third-order valence-corrected chi connectivity index (χ3v) is 3.07. The highest BCUT2D eigenvalue weighted by Gasteiger charge is 1.92. The molecule has 0 saturated heterocycles. The molecule has 0 saturated carbocycles. The van der Waals surface area contributed by atoms with Crippen molar-refractivity contribution in [1.29, 1.82) is 0 Å². The van der Waals surface area contributed by atoms with Crippen molar-refractivity contribution in [2.45, 2.75) is 13.3 Å². The smallest absolute Gasteiger partial charge is 0.0732 e. The molecule has 1 aliphatic rings. The molecule has 1 rings (SSSR count). The van der Waals surface area contributed by atoms with Gasteiger partial charge in [-0.3, -0.25) is 0 Å². The molecule has 0 spiro atoms. The van der Waals surface area contributed by atoms with E-state index in [4.69, 9.17) is 0 Å². The molecule has 0 fully saturated rings. The van der Waals surface area contributed by atoms with Crippen LogP contribution in [0.15, 0.2) is 23.0 Å². The number of hydrogen-bond acceptors (Lipinski definition) is 0. The van der Waals surface area contributed by atoms with Crippen LogP contribution in [0.5, 0.6) is 0 Å². The molecule has 1 aliphatic heterocycles. The average Bonchev–Trinajstić information content (AvgIpc) is 2.14. The van der Waals surface area contributed by atoms with Gasteiger partial charge >= 0.3 is 0 Å². The second kappa shape index (κ2) is 2.12. The lowest BCUT2D eigenvalue weighted by atomic mass is 10.4. The maximum atomic E-state index is 2.33. The fraction of sp³-hybridized carbons (Fsp3) is 0.333. The van der Waals surface area contributed by atoms with Gasteiger partial charge in [-0.2, -0.15) is 0 Å². The Balaban J connectivity index is 2.45. The van der Waals surface area contributed by atoms with Gasteiger partial charge in [-0.25, -0.2) is 0 Å². The van der Waals surface area contributed by atoms with Gasteiger partial charge in [-0.05, 0) is 6.42 Å². The van der Waals surface area contributed by atoms with Crippen LogP contribution in [0.4, 0.5) is 0 Å². The van der Waals surface area contributed by atoms with Gasteiger partial charge in [-0.15, -0.1) is 0 Å². The first-order chi connectivity index (χ1) is 3.43. The Kier molecular flexibility index (Phi) is 1.47. The molecule has 1 heteroatoms. The molecule has 0 nitrogen and oxygen atoms in total. The summed E-state index contributed by atoms with van der Waals surface area (Å²) in [6.07, 6.45) is 5.72. The molecule has 0 N–H and O–H groups in total. The summed E-state index contributed by atoms with van der Waals surface area (Å²) in [4.78, 5) is 0. The molecule has 0 radical (unpaired) electrons. The van der Waals surface area contributed by atoms with Crippen LogP contribution in [0.2, 0.25) is 0 Å². The van der Waals surface area contributed by atoms with Gasteiger partial charge in [-0.1, -0.05) is 30.0 Å². The van der Waals surface area contributed by atoms with Crippen molar-refractivity contribution in [2.24, 2.45) is 0 Å².